The SMILES string of the molecule is CCNC(=NCC1(c2ccc3c(c2)OCO3)CCOCC1)N1CCN(C(C)=O)CC1. The van der Waals surface area contributed by atoms with Crippen molar-refractivity contribution in [1.82, 2.24) is 15.1 Å². The molecule has 1 N–H and O–H groups in total. The van der Waals surface area contributed by atoms with Crippen molar-refractivity contribution in [2.24, 2.45) is 4.99 Å². The summed E-state index contributed by atoms with van der Waals surface area (Å²) in [5.74, 6) is 2.68. The molecule has 4 rings (SSSR count). The molecule has 0 aromatic heterocycles. The number of rotatable bonds is 4. The summed E-state index contributed by atoms with van der Waals surface area (Å²) in [6.45, 7) is 10.0. The minimum atomic E-state index is -0.0822. The summed E-state index contributed by atoms with van der Waals surface area (Å²) in [4.78, 5) is 20.9. The molecule has 3 aliphatic rings. The number of guanidine groups is 1. The molecule has 0 aliphatic carbocycles. The largest absolute Gasteiger partial charge is 0.454 e. The molecule has 0 saturated carbocycles. The average molecular weight is 417 g/mol. The lowest BCUT2D eigenvalue weighted by atomic mass is 9.74. The van der Waals surface area contributed by atoms with Crippen LogP contribution < -0.4 is 14.8 Å². The summed E-state index contributed by atoms with van der Waals surface area (Å²) in [6.07, 6.45) is 1.85. The molecule has 0 radical (unpaired) electrons. The van der Waals surface area contributed by atoms with E-state index in [-0.39, 0.29) is 18.1 Å². The van der Waals surface area contributed by atoms with Crippen LogP contribution in [0.15, 0.2) is 23.2 Å². The predicted molar refractivity (Wildman–Crippen MR) is 114 cm³/mol. The number of carbonyl (C=O) groups is 1. The fourth-order valence-electron chi connectivity index (χ4n) is 4.41. The normalized spacial score (nSPS) is 20.9. The summed E-state index contributed by atoms with van der Waals surface area (Å²) in [5, 5.41) is 3.44. The van der Waals surface area contributed by atoms with E-state index < -0.39 is 0 Å². The first-order valence-electron chi connectivity index (χ1n) is 10.9. The molecule has 2 fully saturated rings. The van der Waals surface area contributed by atoms with Crippen molar-refractivity contribution < 1.29 is 19.0 Å². The Morgan fingerprint density at radius 1 is 1.10 bits per heavy atom. The van der Waals surface area contributed by atoms with Gasteiger partial charge >= 0.3 is 0 Å². The van der Waals surface area contributed by atoms with Crippen LogP contribution in [0.4, 0.5) is 0 Å². The van der Waals surface area contributed by atoms with Gasteiger partial charge in [-0.2, -0.15) is 0 Å². The van der Waals surface area contributed by atoms with E-state index in [0.29, 0.717) is 6.54 Å². The van der Waals surface area contributed by atoms with Crippen LogP contribution in [-0.4, -0.2) is 80.9 Å². The van der Waals surface area contributed by atoms with Crippen LogP contribution in [0.5, 0.6) is 11.5 Å². The van der Waals surface area contributed by atoms with Crippen LogP contribution >= 0.6 is 0 Å². The second-order valence-corrected chi connectivity index (χ2v) is 8.12. The minimum absolute atomic E-state index is 0.0822. The molecule has 30 heavy (non-hydrogen) atoms. The Morgan fingerprint density at radius 3 is 2.50 bits per heavy atom. The van der Waals surface area contributed by atoms with Gasteiger partial charge in [0.2, 0.25) is 12.7 Å². The van der Waals surface area contributed by atoms with E-state index in [0.717, 1.165) is 76.2 Å². The quantitative estimate of drug-likeness (QED) is 0.594. The summed E-state index contributed by atoms with van der Waals surface area (Å²) < 4.78 is 16.8. The fourth-order valence-corrected chi connectivity index (χ4v) is 4.41. The van der Waals surface area contributed by atoms with Crippen molar-refractivity contribution in [3.8, 4) is 11.5 Å². The third kappa shape index (κ3) is 4.33. The Morgan fingerprint density at radius 2 is 1.80 bits per heavy atom. The maximum atomic E-state index is 11.6. The van der Waals surface area contributed by atoms with Crippen LogP contribution in [0, 0.1) is 0 Å². The van der Waals surface area contributed by atoms with E-state index in [4.69, 9.17) is 19.2 Å². The molecule has 1 amide bonds. The van der Waals surface area contributed by atoms with Gasteiger partial charge in [-0.1, -0.05) is 6.07 Å². The van der Waals surface area contributed by atoms with Gasteiger partial charge in [-0.15, -0.1) is 0 Å². The van der Waals surface area contributed by atoms with Gasteiger partial charge in [0.05, 0.1) is 6.54 Å². The van der Waals surface area contributed by atoms with E-state index in [2.05, 4.69) is 29.3 Å². The molecule has 3 heterocycles. The highest BCUT2D eigenvalue weighted by Gasteiger charge is 2.36. The molecule has 8 heteroatoms. The topological polar surface area (TPSA) is 75.6 Å². The molecule has 164 valence electrons. The first kappa shape index (κ1) is 20.8. The molecule has 0 spiro atoms. The van der Waals surface area contributed by atoms with Gasteiger partial charge in [0.25, 0.3) is 0 Å². The van der Waals surface area contributed by atoms with Gasteiger partial charge in [-0.05, 0) is 37.5 Å². The Balaban J connectivity index is 1.54. The number of fused-ring (bicyclic) bond motifs is 1. The molecular formula is C22H32N4O4. The molecule has 8 nitrogen and oxygen atoms in total. The fraction of sp³-hybridized carbons (Fsp3) is 0.636. The zero-order valence-electron chi connectivity index (χ0n) is 18.0. The number of benzene rings is 1. The molecule has 2 saturated heterocycles. The minimum Gasteiger partial charge on any atom is -0.454 e. The molecule has 0 unspecified atom stereocenters. The summed E-state index contributed by atoms with van der Waals surface area (Å²) in [5.41, 5.74) is 1.15. The van der Waals surface area contributed by atoms with E-state index in [9.17, 15) is 4.79 Å². The van der Waals surface area contributed by atoms with Crippen molar-refractivity contribution in [2.45, 2.75) is 32.1 Å². The maximum Gasteiger partial charge on any atom is 0.231 e. The van der Waals surface area contributed by atoms with E-state index in [1.54, 1.807) is 6.92 Å². The standard InChI is InChI=1S/C22H32N4O4/c1-3-23-21(26-10-8-25(9-11-26)17(2)27)24-15-22(6-12-28-13-7-22)18-4-5-19-20(14-18)30-16-29-19/h4-5,14H,3,6-13,15-16H2,1-2H3,(H,23,24). The highest BCUT2D eigenvalue weighted by Crippen LogP contribution is 2.41. The number of carbonyl (C=O) groups excluding carboxylic acids is 1. The zero-order chi connectivity index (χ0) is 21.0. The van der Waals surface area contributed by atoms with Gasteiger partial charge in [-0.3, -0.25) is 9.79 Å². The third-order valence-corrected chi connectivity index (χ3v) is 6.33. The summed E-state index contributed by atoms with van der Waals surface area (Å²) >= 11 is 0. The van der Waals surface area contributed by atoms with Gasteiger partial charge in [0.1, 0.15) is 0 Å². The Hall–Kier alpha value is -2.48. The maximum absolute atomic E-state index is 11.6. The molecule has 0 atom stereocenters. The number of aliphatic imine (C=N–C) groups is 1. The third-order valence-electron chi connectivity index (χ3n) is 6.33. The number of ether oxygens (including phenoxy) is 3. The van der Waals surface area contributed by atoms with Crippen LogP contribution in [0.3, 0.4) is 0 Å². The van der Waals surface area contributed by atoms with Crippen LogP contribution in [0.25, 0.3) is 0 Å². The van der Waals surface area contributed by atoms with Crippen molar-refractivity contribution in [1.29, 1.82) is 0 Å². The number of piperazine rings is 1. The highest BCUT2D eigenvalue weighted by atomic mass is 16.7. The molecule has 0 bridgehead atoms. The van der Waals surface area contributed by atoms with Crippen molar-refractivity contribution in [3.05, 3.63) is 23.8 Å². The van der Waals surface area contributed by atoms with Crippen LogP contribution in [0.2, 0.25) is 0 Å². The molecule has 1 aromatic carbocycles. The van der Waals surface area contributed by atoms with Crippen LogP contribution in [0.1, 0.15) is 32.3 Å². The van der Waals surface area contributed by atoms with Gasteiger partial charge in [0.15, 0.2) is 17.5 Å². The average Bonchev–Trinajstić information content (AvgIpc) is 3.25. The van der Waals surface area contributed by atoms with E-state index in [1.807, 2.05) is 11.0 Å². The van der Waals surface area contributed by atoms with Crippen molar-refractivity contribution >= 4 is 11.9 Å². The number of hydrogen-bond acceptors (Lipinski definition) is 5. The number of amides is 1. The molecule has 1 aromatic rings. The molecule has 3 aliphatic heterocycles. The van der Waals surface area contributed by atoms with E-state index >= 15 is 0 Å². The second-order valence-electron chi connectivity index (χ2n) is 8.12. The smallest absolute Gasteiger partial charge is 0.231 e. The van der Waals surface area contributed by atoms with Gasteiger partial charge in [-0.25, -0.2) is 0 Å². The van der Waals surface area contributed by atoms with E-state index in [1.165, 1.54) is 5.56 Å². The lowest BCUT2D eigenvalue weighted by molar-refractivity contribution is -0.130. The number of hydrogen-bond donors (Lipinski definition) is 1. The number of nitrogens with zero attached hydrogens (tertiary/aromatic N) is 3. The molecular weight excluding hydrogens is 384 g/mol. The lowest BCUT2D eigenvalue weighted by Crippen LogP contribution is -2.53. The van der Waals surface area contributed by atoms with Crippen molar-refractivity contribution in [3.63, 3.8) is 0 Å². The zero-order valence-corrected chi connectivity index (χ0v) is 18.0. The Labute approximate surface area is 178 Å². The lowest BCUT2D eigenvalue weighted by Gasteiger charge is -2.39. The second kappa shape index (κ2) is 9.12. The predicted octanol–water partition coefficient (Wildman–Crippen LogP) is 1.59. The Bertz CT molecular complexity index is 783. The highest BCUT2D eigenvalue weighted by molar-refractivity contribution is 5.80. The summed E-state index contributed by atoms with van der Waals surface area (Å²) in [6, 6.07) is 6.26. The van der Waals surface area contributed by atoms with Crippen LogP contribution in [-0.2, 0) is 14.9 Å². The van der Waals surface area contributed by atoms with Gasteiger partial charge < -0.3 is 29.3 Å². The first-order valence-corrected chi connectivity index (χ1v) is 10.9. The van der Waals surface area contributed by atoms with Gasteiger partial charge in [0, 0.05) is 58.3 Å². The van der Waals surface area contributed by atoms with Crippen molar-refractivity contribution in [2.75, 3.05) is 59.3 Å². The Kier molecular flexibility index (Phi) is 6.32. The summed E-state index contributed by atoms with van der Waals surface area (Å²) in [7, 11) is 0. The number of nitrogens with one attached hydrogen (secondary N) is 1. The first-order chi connectivity index (χ1) is 14.6. The monoisotopic (exact) mass is 416 g/mol.